The maximum Gasteiger partial charge on any atom is 0.418 e. The van der Waals surface area contributed by atoms with Gasteiger partial charge in [0.1, 0.15) is 0 Å². The van der Waals surface area contributed by atoms with Crippen LogP contribution in [0.25, 0.3) is 5.69 Å². The first kappa shape index (κ1) is 21.9. The Morgan fingerprint density at radius 3 is 2.37 bits per heavy atom. The molecule has 3 rings (SSSR count). The lowest BCUT2D eigenvalue weighted by Gasteiger charge is -2.34. The van der Waals surface area contributed by atoms with Crippen LogP contribution in [0.15, 0.2) is 35.1 Å². The molecule has 1 saturated heterocycles. The molecular weight excluding hydrogens is 411 g/mol. The van der Waals surface area contributed by atoms with Gasteiger partial charge in [-0.25, -0.2) is 13.5 Å². The van der Waals surface area contributed by atoms with Crippen molar-refractivity contribution in [1.29, 1.82) is 0 Å². The SMILES string of the molecule is Cc1cc(=O)c(C(=O)N2CCN(CC(F)F)CC2)nn1-c1ccccc1C(F)(F)F. The van der Waals surface area contributed by atoms with Gasteiger partial charge < -0.3 is 4.90 Å². The van der Waals surface area contributed by atoms with E-state index in [4.69, 9.17) is 0 Å². The monoisotopic (exact) mass is 430 g/mol. The summed E-state index contributed by atoms with van der Waals surface area (Å²) in [6.07, 6.45) is -7.15. The van der Waals surface area contributed by atoms with Crippen LogP contribution in [0, 0.1) is 6.92 Å². The molecule has 162 valence electrons. The smallest absolute Gasteiger partial charge is 0.335 e. The highest BCUT2D eigenvalue weighted by Gasteiger charge is 2.34. The van der Waals surface area contributed by atoms with Crippen LogP contribution in [0.3, 0.4) is 0 Å². The van der Waals surface area contributed by atoms with Gasteiger partial charge in [-0.15, -0.1) is 0 Å². The summed E-state index contributed by atoms with van der Waals surface area (Å²) in [5.41, 5.74) is -2.36. The van der Waals surface area contributed by atoms with Gasteiger partial charge in [0.2, 0.25) is 5.43 Å². The van der Waals surface area contributed by atoms with Crippen molar-refractivity contribution in [2.45, 2.75) is 19.5 Å². The van der Waals surface area contributed by atoms with Gasteiger partial charge >= 0.3 is 6.18 Å². The molecular formula is C19H19F5N4O2. The van der Waals surface area contributed by atoms with Crippen LogP contribution in [0.4, 0.5) is 22.0 Å². The lowest BCUT2D eigenvalue weighted by molar-refractivity contribution is -0.137. The molecule has 11 heteroatoms. The van der Waals surface area contributed by atoms with Gasteiger partial charge in [-0.05, 0) is 19.1 Å². The number of para-hydroxylation sites is 1. The van der Waals surface area contributed by atoms with Crippen LogP contribution in [-0.4, -0.2) is 64.6 Å². The summed E-state index contributed by atoms with van der Waals surface area (Å²) in [5, 5.41) is 3.94. The molecule has 0 bridgehead atoms. The Hall–Kier alpha value is -2.82. The maximum atomic E-state index is 13.4. The minimum absolute atomic E-state index is 0.111. The number of carbonyl (C=O) groups is 1. The quantitative estimate of drug-likeness (QED) is 0.700. The maximum absolute atomic E-state index is 13.4. The molecule has 6 nitrogen and oxygen atoms in total. The third-order valence-electron chi connectivity index (χ3n) is 4.80. The number of piperazine rings is 1. The van der Waals surface area contributed by atoms with Crippen molar-refractivity contribution < 1.29 is 26.7 Å². The summed E-state index contributed by atoms with van der Waals surface area (Å²) in [7, 11) is 0. The summed E-state index contributed by atoms with van der Waals surface area (Å²) in [6, 6.07) is 5.77. The zero-order valence-corrected chi connectivity index (χ0v) is 16.0. The number of alkyl halides is 5. The van der Waals surface area contributed by atoms with Crippen molar-refractivity contribution in [2.24, 2.45) is 0 Å². The van der Waals surface area contributed by atoms with E-state index in [1.54, 1.807) is 0 Å². The number of aromatic nitrogens is 2. The fourth-order valence-corrected chi connectivity index (χ4v) is 3.32. The van der Waals surface area contributed by atoms with Crippen molar-refractivity contribution in [1.82, 2.24) is 19.6 Å². The molecule has 30 heavy (non-hydrogen) atoms. The second-order valence-corrected chi connectivity index (χ2v) is 6.91. The van der Waals surface area contributed by atoms with Gasteiger partial charge in [0, 0.05) is 37.9 Å². The zero-order valence-electron chi connectivity index (χ0n) is 16.0. The Bertz CT molecular complexity index is 982. The molecule has 0 aliphatic carbocycles. The molecule has 2 aromatic rings. The second kappa shape index (κ2) is 8.50. The topological polar surface area (TPSA) is 58.4 Å². The first-order valence-corrected chi connectivity index (χ1v) is 9.15. The number of rotatable bonds is 4. The number of benzene rings is 1. The molecule has 1 aromatic heterocycles. The lowest BCUT2D eigenvalue weighted by atomic mass is 10.1. The highest BCUT2D eigenvalue weighted by molar-refractivity contribution is 5.92. The van der Waals surface area contributed by atoms with E-state index >= 15 is 0 Å². The summed E-state index contributed by atoms with van der Waals surface area (Å²) in [4.78, 5) is 27.9. The first-order chi connectivity index (χ1) is 14.1. The van der Waals surface area contributed by atoms with Crippen LogP contribution in [-0.2, 0) is 6.18 Å². The number of hydrogen-bond donors (Lipinski definition) is 0. The average molecular weight is 430 g/mol. The van der Waals surface area contributed by atoms with Crippen molar-refractivity contribution in [3.63, 3.8) is 0 Å². The summed E-state index contributed by atoms with van der Waals surface area (Å²) in [5.74, 6) is -0.741. The predicted molar refractivity (Wildman–Crippen MR) is 97.9 cm³/mol. The van der Waals surface area contributed by atoms with Crippen molar-refractivity contribution in [2.75, 3.05) is 32.7 Å². The van der Waals surface area contributed by atoms with Gasteiger partial charge in [0.05, 0.1) is 17.8 Å². The predicted octanol–water partition coefficient (Wildman–Crippen LogP) is 2.58. The van der Waals surface area contributed by atoms with Crippen molar-refractivity contribution >= 4 is 5.91 Å². The van der Waals surface area contributed by atoms with Crippen LogP contribution < -0.4 is 5.43 Å². The fraction of sp³-hybridized carbons (Fsp3) is 0.421. The van der Waals surface area contributed by atoms with E-state index in [9.17, 15) is 31.5 Å². The standard InChI is InChI=1S/C19H19F5N4O2/c1-12-10-15(29)17(18(30)27-8-6-26(7-9-27)11-16(20)21)25-28(12)14-5-3-2-4-13(14)19(22,23)24/h2-5,10,16H,6-9,11H2,1H3. The molecule has 1 amide bonds. The average Bonchev–Trinajstić information content (AvgIpc) is 2.67. The summed E-state index contributed by atoms with van der Waals surface area (Å²) < 4.78 is 66.1. The van der Waals surface area contributed by atoms with E-state index in [0.29, 0.717) is 0 Å². The van der Waals surface area contributed by atoms with Crippen molar-refractivity contribution in [3.05, 3.63) is 57.5 Å². The number of nitrogens with zero attached hydrogens (tertiary/aromatic N) is 4. The fourth-order valence-electron chi connectivity index (χ4n) is 3.32. The van der Waals surface area contributed by atoms with E-state index in [0.717, 1.165) is 16.8 Å². The largest absolute Gasteiger partial charge is 0.418 e. The van der Waals surface area contributed by atoms with Gasteiger partial charge in [0.25, 0.3) is 12.3 Å². The number of hydrogen-bond acceptors (Lipinski definition) is 4. The normalized spacial score (nSPS) is 15.6. The van der Waals surface area contributed by atoms with Gasteiger partial charge in [0.15, 0.2) is 5.69 Å². The van der Waals surface area contributed by atoms with E-state index in [-0.39, 0.29) is 37.6 Å². The van der Waals surface area contributed by atoms with Gasteiger partial charge in [-0.3, -0.25) is 14.5 Å². The van der Waals surface area contributed by atoms with Crippen LogP contribution in [0.5, 0.6) is 0 Å². The molecule has 0 N–H and O–H groups in total. The third-order valence-corrected chi connectivity index (χ3v) is 4.80. The summed E-state index contributed by atoms with van der Waals surface area (Å²) in [6.45, 7) is 1.63. The van der Waals surface area contributed by atoms with Crippen LogP contribution in [0.1, 0.15) is 21.7 Å². The summed E-state index contributed by atoms with van der Waals surface area (Å²) >= 11 is 0. The molecule has 1 aliphatic rings. The highest BCUT2D eigenvalue weighted by atomic mass is 19.4. The molecule has 0 spiro atoms. The van der Waals surface area contributed by atoms with Crippen LogP contribution in [0.2, 0.25) is 0 Å². The van der Waals surface area contributed by atoms with Crippen LogP contribution >= 0.6 is 0 Å². The Kier molecular flexibility index (Phi) is 6.20. The second-order valence-electron chi connectivity index (χ2n) is 6.91. The van der Waals surface area contributed by atoms with E-state index in [1.165, 1.54) is 34.9 Å². The lowest BCUT2D eigenvalue weighted by Crippen LogP contribution is -2.50. The Morgan fingerprint density at radius 1 is 1.13 bits per heavy atom. The number of halogens is 5. The molecule has 0 unspecified atom stereocenters. The molecule has 0 radical (unpaired) electrons. The number of carbonyl (C=O) groups excluding carboxylic acids is 1. The Labute approximate surface area is 168 Å². The number of amides is 1. The minimum atomic E-state index is -4.65. The molecule has 0 saturated carbocycles. The van der Waals surface area contributed by atoms with Crippen molar-refractivity contribution in [3.8, 4) is 5.69 Å². The molecule has 2 heterocycles. The highest BCUT2D eigenvalue weighted by Crippen LogP contribution is 2.33. The third kappa shape index (κ3) is 4.66. The Balaban J connectivity index is 1.92. The molecule has 1 fully saturated rings. The first-order valence-electron chi connectivity index (χ1n) is 9.15. The van der Waals surface area contributed by atoms with E-state index in [1.807, 2.05) is 0 Å². The van der Waals surface area contributed by atoms with E-state index in [2.05, 4.69) is 5.10 Å². The van der Waals surface area contributed by atoms with Gasteiger partial charge in [-0.2, -0.15) is 18.3 Å². The van der Waals surface area contributed by atoms with E-state index < -0.39 is 41.7 Å². The van der Waals surface area contributed by atoms with Gasteiger partial charge in [-0.1, -0.05) is 12.1 Å². The zero-order chi connectivity index (χ0) is 22.1. The number of aryl methyl sites for hydroxylation is 1. The molecule has 0 atom stereocenters. The molecule has 1 aromatic carbocycles. The Morgan fingerprint density at radius 2 is 1.77 bits per heavy atom. The minimum Gasteiger partial charge on any atom is -0.335 e. The molecule has 1 aliphatic heterocycles.